The molecule has 0 radical (unpaired) electrons. The maximum atomic E-state index is 13.9. The predicted molar refractivity (Wildman–Crippen MR) is 171 cm³/mol. The summed E-state index contributed by atoms with van der Waals surface area (Å²) in [5.74, 6) is 0.516. The maximum Gasteiger partial charge on any atom is 0.256 e. The van der Waals surface area contributed by atoms with Gasteiger partial charge < -0.3 is 19.9 Å². The van der Waals surface area contributed by atoms with Crippen molar-refractivity contribution in [2.24, 2.45) is 0 Å². The van der Waals surface area contributed by atoms with Crippen molar-refractivity contribution in [3.05, 3.63) is 80.1 Å². The summed E-state index contributed by atoms with van der Waals surface area (Å²) >= 11 is 14.4. The molecule has 0 unspecified atom stereocenters. The highest BCUT2D eigenvalue weighted by Crippen LogP contribution is 2.39. The minimum Gasteiger partial charge on any atom is -0.379 e. The van der Waals surface area contributed by atoms with Crippen LogP contribution in [-0.2, 0) is 15.3 Å². The Bertz CT molecular complexity index is 1540. The lowest BCUT2D eigenvalue weighted by Crippen LogP contribution is -2.46. The Balaban J connectivity index is 1.23. The first kappa shape index (κ1) is 29.3. The Morgan fingerprint density at radius 2 is 1.88 bits per heavy atom. The van der Waals surface area contributed by atoms with Crippen LogP contribution < -0.4 is 5.32 Å². The number of H-pyrrole nitrogens is 1. The van der Waals surface area contributed by atoms with Crippen molar-refractivity contribution in [3.8, 4) is 0 Å². The molecule has 0 spiro atoms. The van der Waals surface area contributed by atoms with E-state index in [9.17, 15) is 9.59 Å². The molecule has 10 heteroatoms. The first-order chi connectivity index (χ1) is 20.3. The van der Waals surface area contributed by atoms with E-state index in [4.69, 9.17) is 27.9 Å². The summed E-state index contributed by atoms with van der Waals surface area (Å²) in [6, 6.07) is 11.6. The monoisotopic (exact) mass is 624 g/mol. The van der Waals surface area contributed by atoms with Crippen LogP contribution in [0.1, 0.15) is 51.3 Å². The summed E-state index contributed by atoms with van der Waals surface area (Å²) in [5, 5.41) is 4.25. The second kappa shape index (κ2) is 12.5. The SMILES string of the molecule is Cc1[nH]c(/C=C2\C(=O)Nc3ccc(SCc4c(Cl)cccc4Cl)cc32)c(C)c1C(=O)N1CCC[C@H]1CN1CCOCC1. The van der Waals surface area contributed by atoms with Gasteiger partial charge in [0.2, 0.25) is 0 Å². The van der Waals surface area contributed by atoms with Crippen molar-refractivity contribution in [2.45, 2.75) is 43.4 Å². The molecule has 2 fully saturated rings. The number of halogens is 2. The van der Waals surface area contributed by atoms with E-state index in [1.165, 1.54) is 0 Å². The fourth-order valence-electron chi connectivity index (χ4n) is 6.13. The highest BCUT2D eigenvalue weighted by Gasteiger charge is 2.34. The summed E-state index contributed by atoms with van der Waals surface area (Å²) in [6.45, 7) is 8.88. The van der Waals surface area contributed by atoms with Gasteiger partial charge in [-0.15, -0.1) is 11.8 Å². The number of nitrogens with one attached hydrogen (secondary N) is 2. The number of ether oxygens (including phenoxy) is 1. The summed E-state index contributed by atoms with van der Waals surface area (Å²) in [5.41, 5.74) is 6.22. The van der Waals surface area contributed by atoms with Gasteiger partial charge in [-0.05, 0) is 74.2 Å². The van der Waals surface area contributed by atoms with Crippen LogP contribution in [0, 0.1) is 13.8 Å². The van der Waals surface area contributed by atoms with E-state index in [0.29, 0.717) is 26.9 Å². The third-order valence-electron chi connectivity index (χ3n) is 8.41. The molecule has 6 rings (SSSR count). The van der Waals surface area contributed by atoms with Gasteiger partial charge in [0.05, 0.1) is 24.4 Å². The number of morpholine rings is 1. The zero-order chi connectivity index (χ0) is 29.4. The fraction of sp³-hybridized carbons (Fsp3) is 0.375. The molecule has 3 aliphatic heterocycles. The number of aromatic amines is 1. The summed E-state index contributed by atoms with van der Waals surface area (Å²) < 4.78 is 5.50. The molecule has 2 N–H and O–H groups in total. The van der Waals surface area contributed by atoms with E-state index in [1.807, 2.05) is 61.2 Å². The van der Waals surface area contributed by atoms with E-state index in [-0.39, 0.29) is 17.9 Å². The second-order valence-electron chi connectivity index (χ2n) is 11.1. The number of aryl methyl sites for hydroxylation is 1. The highest BCUT2D eigenvalue weighted by atomic mass is 35.5. The number of thioether (sulfide) groups is 1. The third-order valence-corrected chi connectivity index (χ3v) is 10.1. The number of hydrogen-bond acceptors (Lipinski definition) is 5. The molecule has 2 aromatic carbocycles. The van der Waals surface area contributed by atoms with Crippen LogP contribution >= 0.6 is 35.0 Å². The number of carbonyl (C=O) groups excluding carboxylic acids is 2. The molecule has 1 aromatic heterocycles. The first-order valence-electron chi connectivity index (χ1n) is 14.3. The highest BCUT2D eigenvalue weighted by molar-refractivity contribution is 7.98. The lowest BCUT2D eigenvalue weighted by Gasteiger charge is -2.33. The smallest absolute Gasteiger partial charge is 0.256 e. The lowest BCUT2D eigenvalue weighted by molar-refractivity contribution is -0.110. The van der Waals surface area contributed by atoms with E-state index < -0.39 is 0 Å². The summed E-state index contributed by atoms with van der Waals surface area (Å²) in [7, 11) is 0. The third kappa shape index (κ3) is 5.88. The van der Waals surface area contributed by atoms with Gasteiger partial charge in [0, 0.05) is 75.6 Å². The second-order valence-corrected chi connectivity index (χ2v) is 12.9. The number of anilines is 1. The van der Waals surface area contributed by atoms with Crippen molar-refractivity contribution in [3.63, 3.8) is 0 Å². The minimum atomic E-state index is -0.161. The standard InChI is InChI=1S/C32H34Cl2N4O3S/c1-19-29(35-20(2)30(19)32(40)38-10-4-5-21(38)17-37-11-13-41-14-12-37)16-24-23-15-22(8-9-28(23)36-31(24)39)42-18-25-26(33)6-3-7-27(25)34/h3,6-9,15-16,21,35H,4-5,10-14,17-18H2,1-2H3,(H,36,39)/b24-16-/t21-/m0/s1. The summed E-state index contributed by atoms with van der Waals surface area (Å²) in [4.78, 5) is 35.8. The Labute approximate surface area is 260 Å². The molecule has 3 aliphatic rings. The average molecular weight is 626 g/mol. The van der Waals surface area contributed by atoms with Gasteiger partial charge in [-0.25, -0.2) is 0 Å². The van der Waals surface area contributed by atoms with Gasteiger partial charge in [0.15, 0.2) is 0 Å². The zero-order valence-electron chi connectivity index (χ0n) is 23.8. The van der Waals surface area contributed by atoms with Crippen LogP contribution in [0.3, 0.4) is 0 Å². The average Bonchev–Trinajstić information content (AvgIpc) is 3.64. The molecule has 7 nitrogen and oxygen atoms in total. The van der Waals surface area contributed by atoms with Crippen LogP contribution in [0.4, 0.5) is 5.69 Å². The predicted octanol–water partition coefficient (Wildman–Crippen LogP) is 6.66. The van der Waals surface area contributed by atoms with Crippen molar-refractivity contribution in [1.29, 1.82) is 0 Å². The van der Waals surface area contributed by atoms with Crippen LogP contribution in [0.2, 0.25) is 10.0 Å². The number of nitrogens with zero attached hydrogens (tertiary/aromatic N) is 2. The molecule has 220 valence electrons. The van der Waals surface area contributed by atoms with Gasteiger partial charge in [-0.1, -0.05) is 29.3 Å². The molecule has 0 saturated carbocycles. The van der Waals surface area contributed by atoms with E-state index in [2.05, 4.69) is 15.2 Å². The molecule has 2 amide bonds. The number of likely N-dealkylation sites (tertiary alicyclic amines) is 1. The van der Waals surface area contributed by atoms with Crippen LogP contribution in [-0.4, -0.2) is 72.0 Å². The normalized spacial score (nSPS) is 19.9. The Hall–Kier alpha value is -2.75. The van der Waals surface area contributed by atoms with E-state index in [1.54, 1.807) is 11.8 Å². The maximum absolute atomic E-state index is 13.9. The molecular weight excluding hydrogens is 591 g/mol. The first-order valence-corrected chi connectivity index (χ1v) is 16.1. The van der Waals surface area contributed by atoms with Gasteiger partial charge in [-0.2, -0.15) is 0 Å². The number of carbonyl (C=O) groups is 2. The Morgan fingerprint density at radius 1 is 1.12 bits per heavy atom. The molecule has 0 bridgehead atoms. The van der Waals surface area contributed by atoms with Crippen LogP contribution in [0.25, 0.3) is 11.6 Å². The van der Waals surface area contributed by atoms with Gasteiger partial charge in [0.1, 0.15) is 0 Å². The van der Waals surface area contributed by atoms with E-state index in [0.717, 1.165) is 90.9 Å². The van der Waals surface area contributed by atoms with Crippen molar-refractivity contribution >= 4 is 64.1 Å². The molecule has 2 saturated heterocycles. The minimum absolute atomic E-state index is 0.0647. The molecule has 42 heavy (non-hydrogen) atoms. The van der Waals surface area contributed by atoms with E-state index >= 15 is 0 Å². The Kier molecular flexibility index (Phi) is 8.70. The number of hydrogen-bond donors (Lipinski definition) is 2. The molecule has 4 heterocycles. The number of rotatable bonds is 7. The number of amides is 2. The Morgan fingerprint density at radius 3 is 2.64 bits per heavy atom. The lowest BCUT2D eigenvalue weighted by atomic mass is 10.0. The van der Waals surface area contributed by atoms with Crippen molar-refractivity contribution < 1.29 is 14.3 Å². The molecular formula is C32H34Cl2N4O3S. The largest absolute Gasteiger partial charge is 0.379 e. The summed E-state index contributed by atoms with van der Waals surface area (Å²) in [6.07, 6.45) is 3.90. The molecule has 0 aliphatic carbocycles. The van der Waals surface area contributed by atoms with Crippen molar-refractivity contribution in [2.75, 3.05) is 44.7 Å². The number of benzene rings is 2. The quantitative estimate of drug-likeness (QED) is 0.227. The van der Waals surface area contributed by atoms with Crippen LogP contribution in [0.5, 0.6) is 0 Å². The number of fused-ring (bicyclic) bond motifs is 1. The molecule has 3 aromatic rings. The zero-order valence-corrected chi connectivity index (χ0v) is 26.1. The topological polar surface area (TPSA) is 77.7 Å². The number of aromatic nitrogens is 1. The molecule has 1 atom stereocenters. The van der Waals surface area contributed by atoms with Crippen molar-refractivity contribution in [1.82, 2.24) is 14.8 Å². The fourth-order valence-corrected chi connectivity index (χ4v) is 7.80. The van der Waals surface area contributed by atoms with Gasteiger partial charge >= 0.3 is 0 Å². The van der Waals surface area contributed by atoms with Crippen LogP contribution in [0.15, 0.2) is 41.3 Å². The van der Waals surface area contributed by atoms with Gasteiger partial charge in [-0.3, -0.25) is 14.5 Å². The van der Waals surface area contributed by atoms with Gasteiger partial charge in [0.25, 0.3) is 11.8 Å².